The van der Waals surface area contributed by atoms with E-state index in [1.165, 1.54) is 7.11 Å². The molecular formula is C9H12O5. The Labute approximate surface area is 81.7 Å². The third-order valence-corrected chi connectivity index (χ3v) is 1.12. The van der Waals surface area contributed by atoms with Crippen LogP contribution in [0.25, 0.3) is 0 Å². The second-order valence-electron chi connectivity index (χ2n) is 2.67. The van der Waals surface area contributed by atoms with Crippen LogP contribution in [0.2, 0.25) is 0 Å². The molecule has 0 bridgehead atoms. The molecule has 0 aliphatic heterocycles. The Hall–Kier alpha value is -1.65. The van der Waals surface area contributed by atoms with Gasteiger partial charge in [-0.1, -0.05) is 0 Å². The first-order valence-corrected chi connectivity index (χ1v) is 3.98. The first kappa shape index (κ1) is 12.3. The number of hydrogen-bond acceptors (Lipinski definition) is 5. The van der Waals surface area contributed by atoms with Crippen LogP contribution in [-0.2, 0) is 23.9 Å². The molecule has 0 amide bonds. The summed E-state index contributed by atoms with van der Waals surface area (Å²) in [5.74, 6) is -2.57. The van der Waals surface area contributed by atoms with Gasteiger partial charge in [0.1, 0.15) is 0 Å². The Bertz CT molecular complexity index is 264. The van der Waals surface area contributed by atoms with Crippen molar-refractivity contribution in [2.75, 3.05) is 7.11 Å². The molecular weight excluding hydrogens is 188 g/mol. The normalized spacial score (nSPS) is 10.3. The van der Waals surface area contributed by atoms with Gasteiger partial charge in [-0.3, -0.25) is 4.79 Å². The molecule has 0 saturated heterocycles. The molecule has 0 aliphatic rings. The van der Waals surface area contributed by atoms with Gasteiger partial charge in [0.2, 0.25) is 0 Å². The molecule has 0 aromatic rings. The van der Waals surface area contributed by atoms with E-state index >= 15 is 0 Å². The van der Waals surface area contributed by atoms with Gasteiger partial charge >= 0.3 is 11.9 Å². The standard InChI is InChI=1S/C9H12O5/c1-6(2)14-9(12)7(10)4-5-8(11)13-3/h4-6H,1-3H3/b5-4+. The fraction of sp³-hybridized carbons (Fsp3) is 0.444. The predicted molar refractivity (Wildman–Crippen MR) is 47.4 cm³/mol. The van der Waals surface area contributed by atoms with E-state index < -0.39 is 17.7 Å². The van der Waals surface area contributed by atoms with E-state index in [2.05, 4.69) is 9.47 Å². The Morgan fingerprint density at radius 3 is 2.14 bits per heavy atom. The molecule has 0 radical (unpaired) electrons. The van der Waals surface area contributed by atoms with Crippen LogP contribution in [0.1, 0.15) is 13.8 Å². The largest absolute Gasteiger partial charge is 0.466 e. The molecule has 0 aliphatic carbocycles. The summed E-state index contributed by atoms with van der Waals surface area (Å²) in [6.07, 6.45) is 1.32. The summed E-state index contributed by atoms with van der Waals surface area (Å²) in [6.45, 7) is 3.24. The third kappa shape index (κ3) is 5.08. The average molecular weight is 200 g/mol. The second kappa shape index (κ2) is 5.90. The van der Waals surface area contributed by atoms with Crippen molar-refractivity contribution >= 4 is 17.7 Å². The van der Waals surface area contributed by atoms with Crippen molar-refractivity contribution in [3.63, 3.8) is 0 Å². The van der Waals surface area contributed by atoms with Crippen LogP contribution >= 0.6 is 0 Å². The number of ether oxygens (including phenoxy) is 2. The molecule has 0 fully saturated rings. The van der Waals surface area contributed by atoms with Gasteiger partial charge in [0.25, 0.3) is 5.78 Å². The van der Waals surface area contributed by atoms with Crippen molar-refractivity contribution in [3.8, 4) is 0 Å². The molecule has 0 heterocycles. The fourth-order valence-electron chi connectivity index (χ4n) is 0.552. The predicted octanol–water partition coefficient (Wildman–Crippen LogP) is 0.236. The van der Waals surface area contributed by atoms with Gasteiger partial charge in [-0.2, -0.15) is 0 Å². The molecule has 78 valence electrons. The molecule has 0 unspecified atom stereocenters. The first-order valence-electron chi connectivity index (χ1n) is 3.98. The van der Waals surface area contributed by atoms with Gasteiger partial charge in [0.05, 0.1) is 13.2 Å². The van der Waals surface area contributed by atoms with Crippen LogP contribution in [0, 0.1) is 0 Å². The number of ketones is 1. The maximum atomic E-state index is 10.9. The van der Waals surface area contributed by atoms with Crippen molar-refractivity contribution in [3.05, 3.63) is 12.2 Å². The second-order valence-corrected chi connectivity index (χ2v) is 2.67. The highest BCUT2D eigenvalue weighted by Crippen LogP contribution is 1.91. The number of rotatable bonds is 4. The van der Waals surface area contributed by atoms with Gasteiger partial charge in [-0.25, -0.2) is 9.59 Å². The summed E-state index contributed by atoms with van der Waals surface area (Å²) in [4.78, 5) is 32.4. The molecule has 0 saturated carbocycles. The van der Waals surface area contributed by atoms with Crippen LogP contribution in [0.4, 0.5) is 0 Å². The minimum atomic E-state index is -0.986. The van der Waals surface area contributed by atoms with Gasteiger partial charge in [-0.05, 0) is 13.8 Å². The summed E-state index contributed by atoms with van der Waals surface area (Å²) in [5.41, 5.74) is 0. The average Bonchev–Trinajstić information content (AvgIpc) is 2.12. The van der Waals surface area contributed by atoms with E-state index in [9.17, 15) is 14.4 Å². The SMILES string of the molecule is COC(=O)/C=C/C(=O)C(=O)OC(C)C. The zero-order valence-corrected chi connectivity index (χ0v) is 8.27. The van der Waals surface area contributed by atoms with Gasteiger partial charge < -0.3 is 9.47 Å². The monoisotopic (exact) mass is 200 g/mol. The first-order chi connectivity index (χ1) is 6.47. The molecule has 5 heteroatoms. The van der Waals surface area contributed by atoms with Crippen LogP contribution in [0.15, 0.2) is 12.2 Å². The molecule has 14 heavy (non-hydrogen) atoms. The quantitative estimate of drug-likeness (QED) is 0.369. The summed E-state index contributed by atoms with van der Waals surface area (Å²) in [5, 5.41) is 0. The van der Waals surface area contributed by atoms with Crippen LogP contribution < -0.4 is 0 Å². The van der Waals surface area contributed by atoms with Gasteiger partial charge in [0, 0.05) is 12.2 Å². The van der Waals surface area contributed by atoms with E-state index in [4.69, 9.17) is 0 Å². The lowest BCUT2D eigenvalue weighted by Crippen LogP contribution is -2.19. The molecule has 5 nitrogen and oxygen atoms in total. The maximum Gasteiger partial charge on any atom is 0.379 e. The van der Waals surface area contributed by atoms with Gasteiger partial charge in [0.15, 0.2) is 0 Å². The smallest absolute Gasteiger partial charge is 0.379 e. The summed E-state index contributed by atoms with van der Waals surface area (Å²) >= 11 is 0. The topological polar surface area (TPSA) is 69.7 Å². The number of carbonyl (C=O) groups excluding carboxylic acids is 3. The van der Waals surface area contributed by atoms with E-state index in [1.807, 2.05) is 0 Å². The third-order valence-electron chi connectivity index (χ3n) is 1.12. The highest BCUT2D eigenvalue weighted by molar-refractivity contribution is 6.38. The highest BCUT2D eigenvalue weighted by Gasteiger charge is 2.13. The van der Waals surface area contributed by atoms with Crippen molar-refractivity contribution in [1.29, 1.82) is 0 Å². The number of carbonyl (C=O) groups is 3. The highest BCUT2D eigenvalue weighted by atomic mass is 16.5. The molecule has 0 atom stereocenters. The van der Waals surface area contributed by atoms with Crippen molar-refractivity contribution in [2.45, 2.75) is 20.0 Å². The molecule has 0 aromatic carbocycles. The van der Waals surface area contributed by atoms with Crippen molar-refractivity contribution in [2.24, 2.45) is 0 Å². The minimum absolute atomic E-state index is 0.363. The lowest BCUT2D eigenvalue weighted by Gasteiger charge is -2.04. The lowest BCUT2D eigenvalue weighted by molar-refractivity contribution is -0.154. The molecule has 0 spiro atoms. The molecule has 0 aromatic heterocycles. The van der Waals surface area contributed by atoms with Crippen molar-refractivity contribution < 1.29 is 23.9 Å². The summed E-state index contributed by atoms with van der Waals surface area (Å²) in [6, 6.07) is 0. The minimum Gasteiger partial charge on any atom is -0.466 e. The van der Waals surface area contributed by atoms with Crippen LogP contribution in [0.3, 0.4) is 0 Å². The van der Waals surface area contributed by atoms with Crippen LogP contribution in [0.5, 0.6) is 0 Å². The maximum absolute atomic E-state index is 10.9. The summed E-state index contributed by atoms with van der Waals surface area (Å²) < 4.78 is 8.82. The Kier molecular flexibility index (Phi) is 5.21. The number of esters is 2. The lowest BCUT2D eigenvalue weighted by atomic mass is 10.3. The zero-order valence-electron chi connectivity index (χ0n) is 8.27. The molecule has 0 rings (SSSR count). The Morgan fingerprint density at radius 1 is 1.14 bits per heavy atom. The Morgan fingerprint density at radius 2 is 1.71 bits per heavy atom. The van der Waals surface area contributed by atoms with E-state index in [0.29, 0.717) is 0 Å². The number of hydrogen-bond donors (Lipinski definition) is 0. The zero-order chi connectivity index (χ0) is 11.1. The van der Waals surface area contributed by atoms with E-state index in [1.54, 1.807) is 13.8 Å². The van der Waals surface area contributed by atoms with Crippen molar-refractivity contribution in [1.82, 2.24) is 0 Å². The van der Waals surface area contributed by atoms with E-state index in [0.717, 1.165) is 12.2 Å². The molecule has 0 N–H and O–H groups in total. The number of methoxy groups -OCH3 is 1. The van der Waals surface area contributed by atoms with Crippen LogP contribution in [-0.4, -0.2) is 30.9 Å². The fourth-order valence-corrected chi connectivity index (χ4v) is 0.552. The summed E-state index contributed by atoms with van der Waals surface area (Å²) in [7, 11) is 1.17. The van der Waals surface area contributed by atoms with E-state index in [-0.39, 0.29) is 6.10 Å². The Balaban J connectivity index is 4.15. The van der Waals surface area contributed by atoms with Gasteiger partial charge in [-0.15, -0.1) is 0 Å².